The van der Waals surface area contributed by atoms with E-state index in [0.29, 0.717) is 11.3 Å². The highest BCUT2D eigenvalue weighted by atomic mass is 19.4. The molecule has 138 valence electrons. The zero-order chi connectivity index (χ0) is 19.6. The second kappa shape index (κ2) is 6.96. The van der Waals surface area contributed by atoms with Crippen LogP contribution in [0.2, 0.25) is 0 Å². The van der Waals surface area contributed by atoms with Crippen molar-refractivity contribution in [2.24, 2.45) is 5.84 Å². The van der Waals surface area contributed by atoms with Gasteiger partial charge in [-0.15, -0.1) is 0 Å². The molecule has 0 aliphatic carbocycles. The van der Waals surface area contributed by atoms with Crippen molar-refractivity contribution >= 4 is 11.7 Å². The summed E-state index contributed by atoms with van der Waals surface area (Å²) < 4.78 is 38.1. The van der Waals surface area contributed by atoms with Crippen LogP contribution in [0, 0.1) is 0 Å². The Hall–Kier alpha value is -3.60. The van der Waals surface area contributed by atoms with Crippen LogP contribution in [0.5, 0.6) is 0 Å². The van der Waals surface area contributed by atoms with Crippen LogP contribution in [0.4, 0.5) is 19.0 Å². The quantitative estimate of drug-likeness (QED) is 0.361. The molecule has 0 aromatic carbocycles. The van der Waals surface area contributed by atoms with E-state index in [1.807, 2.05) is 5.43 Å². The highest BCUT2D eigenvalue weighted by Crippen LogP contribution is 2.29. The molecule has 0 aliphatic rings. The maximum atomic E-state index is 12.7. The number of alkyl halides is 3. The minimum Gasteiger partial charge on any atom is -0.384 e. The summed E-state index contributed by atoms with van der Waals surface area (Å²) in [5, 5.41) is 0. The Morgan fingerprint density at radius 3 is 2.26 bits per heavy atom. The third kappa shape index (κ3) is 3.98. The predicted molar refractivity (Wildman–Crippen MR) is 89.6 cm³/mol. The first-order valence-electron chi connectivity index (χ1n) is 7.43. The molecule has 3 heterocycles. The smallest absolute Gasteiger partial charge is 0.384 e. The number of nitrogens with one attached hydrogen (secondary N) is 1. The van der Waals surface area contributed by atoms with Gasteiger partial charge < -0.3 is 5.73 Å². The molecule has 0 atom stereocenters. The number of rotatable bonds is 3. The highest BCUT2D eigenvalue weighted by molar-refractivity contribution is 5.91. The van der Waals surface area contributed by atoms with E-state index >= 15 is 0 Å². The average molecular weight is 375 g/mol. The van der Waals surface area contributed by atoms with Crippen molar-refractivity contribution in [1.29, 1.82) is 0 Å². The van der Waals surface area contributed by atoms with Gasteiger partial charge in [-0.2, -0.15) is 13.2 Å². The fourth-order valence-corrected chi connectivity index (χ4v) is 2.23. The number of halogens is 3. The van der Waals surface area contributed by atoms with E-state index in [0.717, 1.165) is 12.3 Å². The maximum absolute atomic E-state index is 12.7. The van der Waals surface area contributed by atoms with E-state index < -0.39 is 17.8 Å². The van der Waals surface area contributed by atoms with Crippen LogP contribution in [-0.2, 0) is 6.18 Å². The molecule has 27 heavy (non-hydrogen) atoms. The van der Waals surface area contributed by atoms with Crippen LogP contribution >= 0.6 is 0 Å². The molecule has 0 saturated heterocycles. The second-order valence-corrected chi connectivity index (χ2v) is 5.33. The van der Waals surface area contributed by atoms with Crippen molar-refractivity contribution in [2.45, 2.75) is 6.18 Å². The monoisotopic (exact) mass is 375 g/mol. The molecule has 0 spiro atoms. The van der Waals surface area contributed by atoms with Crippen molar-refractivity contribution in [3.05, 3.63) is 54.2 Å². The molecule has 3 aromatic rings. The first-order chi connectivity index (χ1) is 12.8. The van der Waals surface area contributed by atoms with E-state index in [2.05, 4.69) is 19.9 Å². The maximum Gasteiger partial charge on any atom is 0.433 e. The molecule has 3 aromatic heterocycles. The van der Waals surface area contributed by atoms with Crippen molar-refractivity contribution in [2.75, 3.05) is 5.73 Å². The Balaban J connectivity index is 2.12. The molecule has 3 rings (SSSR count). The van der Waals surface area contributed by atoms with Crippen LogP contribution in [0.1, 0.15) is 16.3 Å². The van der Waals surface area contributed by atoms with Gasteiger partial charge in [0.15, 0.2) is 0 Å². The summed E-state index contributed by atoms with van der Waals surface area (Å²) in [7, 11) is 0. The summed E-state index contributed by atoms with van der Waals surface area (Å²) in [6, 6.07) is 6.66. The molecule has 5 N–H and O–H groups in total. The fraction of sp³-hybridized carbons (Fsp3) is 0.0625. The highest BCUT2D eigenvalue weighted by Gasteiger charge is 2.32. The molecule has 0 aliphatic heterocycles. The molecule has 11 heteroatoms. The molecule has 0 saturated carbocycles. The normalized spacial score (nSPS) is 11.3. The van der Waals surface area contributed by atoms with Gasteiger partial charge in [0, 0.05) is 23.5 Å². The number of nitrogens with zero attached hydrogens (tertiary/aromatic N) is 4. The van der Waals surface area contributed by atoms with Gasteiger partial charge in [0.1, 0.15) is 11.5 Å². The zero-order valence-corrected chi connectivity index (χ0v) is 13.5. The van der Waals surface area contributed by atoms with Gasteiger partial charge in [0.05, 0.1) is 11.4 Å². The number of hydrogen-bond donors (Lipinski definition) is 3. The van der Waals surface area contributed by atoms with Gasteiger partial charge in [0.25, 0.3) is 0 Å². The Bertz CT molecular complexity index is 990. The largest absolute Gasteiger partial charge is 0.433 e. The number of hydrogen-bond acceptors (Lipinski definition) is 7. The van der Waals surface area contributed by atoms with Gasteiger partial charge >= 0.3 is 12.1 Å². The molecule has 0 unspecified atom stereocenters. The van der Waals surface area contributed by atoms with Crippen LogP contribution in [-0.4, -0.2) is 25.8 Å². The van der Waals surface area contributed by atoms with Gasteiger partial charge in [-0.25, -0.2) is 20.8 Å². The van der Waals surface area contributed by atoms with Gasteiger partial charge in [0.2, 0.25) is 5.82 Å². The van der Waals surface area contributed by atoms with Crippen LogP contribution < -0.4 is 17.0 Å². The van der Waals surface area contributed by atoms with Crippen molar-refractivity contribution in [3.63, 3.8) is 0 Å². The van der Waals surface area contributed by atoms with Crippen LogP contribution in [0.3, 0.4) is 0 Å². The van der Waals surface area contributed by atoms with Gasteiger partial charge in [-0.3, -0.25) is 15.2 Å². The predicted octanol–water partition coefficient (Wildman–Crippen LogP) is 1.81. The van der Waals surface area contributed by atoms with Gasteiger partial charge in [-0.05, 0) is 30.3 Å². The number of nitrogens with two attached hydrogens (primary N) is 2. The minimum atomic E-state index is -4.56. The summed E-state index contributed by atoms with van der Waals surface area (Å²) >= 11 is 0. The summed E-state index contributed by atoms with van der Waals surface area (Å²) in [5.41, 5.74) is 7.84. The Labute approximate surface area is 150 Å². The number of pyridine rings is 2. The van der Waals surface area contributed by atoms with Crippen LogP contribution in [0.25, 0.3) is 22.5 Å². The Morgan fingerprint density at radius 1 is 1.00 bits per heavy atom. The summed E-state index contributed by atoms with van der Waals surface area (Å²) in [6.45, 7) is 0. The fourth-order valence-electron chi connectivity index (χ4n) is 2.23. The molecular weight excluding hydrogens is 363 g/mol. The van der Waals surface area contributed by atoms with Crippen molar-refractivity contribution in [1.82, 2.24) is 25.4 Å². The number of aromatic nitrogens is 4. The van der Waals surface area contributed by atoms with Crippen LogP contribution in [0.15, 0.2) is 42.7 Å². The second-order valence-electron chi connectivity index (χ2n) is 5.33. The third-order valence-corrected chi connectivity index (χ3v) is 3.49. The lowest BCUT2D eigenvalue weighted by atomic mass is 10.1. The SMILES string of the molecule is NNC(=O)c1nc(-c2ccc(C(F)(F)F)nc2)cc(-c2ccnc(N)c2)n1. The average Bonchev–Trinajstić information content (AvgIpc) is 2.66. The van der Waals surface area contributed by atoms with Crippen molar-refractivity contribution in [3.8, 4) is 22.5 Å². The third-order valence-electron chi connectivity index (χ3n) is 3.49. The van der Waals surface area contributed by atoms with Gasteiger partial charge in [-0.1, -0.05) is 0 Å². The molecule has 0 fully saturated rings. The molecule has 0 radical (unpaired) electrons. The van der Waals surface area contributed by atoms with E-state index in [1.165, 1.54) is 24.4 Å². The number of hydrazine groups is 1. The van der Waals surface area contributed by atoms with E-state index in [1.54, 1.807) is 6.07 Å². The number of carbonyl (C=O) groups excluding carboxylic acids is 1. The number of anilines is 1. The molecule has 0 bridgehead atoms. The minimum absolute atomic E-state index is 0.190. The summed E-state index contributed by atoms with van der Waals surface area (Å²) in [5.74, 6) is 4.33. The van der Waals surface area contributed by atoms with E-state index in [4.69, 9.17) is 11.6 Å². The van der Waals surface area contributed by atoms with Crippen molar-refractivity contribution < 1.29 is 18.0 Å². The lowest BCUT2D eigenvalue weighted by Crippen LogP contribution is -2.31. The summed E-state index contributed by atoms with van der Waals surface area (Å²) in [4.78, 5) is 27.3. The first-order valence-corrected chi connectivity index (χ1v) is 7.43. The Morgan fingerprint density at radius 2 is 1.70 bits per heavy atom. The number of carbonyl (C=O) groups is 1. The lowest BCUT2D eigenvalue weighted by Gasteiger charge is -2.09. The summed E-state index contributed by atoms with van der Waals surface area (Å²) in [6.07, 6.45) is -2.09. The Kier molecular flexibility index (Phi) is 4.69. The molecule has 8 nitrogen and oxygen atoms in total. The molecule has 1 amide bonds. The zero-order valence-electron chi connectivity index (χ0n) is 13.5. The standard InChI is InChI=1S/C16H12F3N7O/c17-16(18,19)12-2-1-9(7-23-12)11-6-10(8-3-4-22-13(20)5-8)24-14(25-11)15(27)26-21/h1-7H,21H2,(H2,20,22)(H,26,27). The number of amides is 1. The number of nitrogen functional groups attached to an aromatic ring is 2. The first kappa shape index (κ1) is 18.2. The molecular formula is C16H12F3N7O. The topological polar surface area (TPSA) is 133 Å². The lowest BCUT2D eigenvalue weighted by molar-refractivity contribution is -0.141. The van der Waals surface area contributed by atoms with E-state index in [-0.39, 0.29) is 22.9 Å². The van der Waals surface area contributed by atoms with E-state index in [9.17, 15) is 18.0 Å².